The van der Waals surface area contributed by atoms with Crippen LogP contribution in [0.1, 0.15) is 5.69 Å². The zero-order valence-corrected chi connectivity index (χ0v) is 13.3. The zero-order valence-electron chi connectivity index (χ0n) is 11.0. The molecule has 0 saturated carbocycles. The minimum Gasteiger partial charge on any atom is -0.295 e. The molecular formula is C13H9Cl2N3O3S. The monoisotopic (exact) mass is 357 g/mol. The Bertz CT molecular complexity index is 1010. The summed E-state index contributed by atoms with van der Waals surface area (Å²) in [5, 5.41) is 3.02. The number of rotatable bonds is 3. The Kier molecular flexibility index (Phi) is 3.72. The van der Waals surface area contributed by atoms with E-state index in [9.17, 15) is 13.2 Å². The first-order valence-electron chi connectivity index (χ1n) is 6.10. The number of nitrogens with zero attached hydrogens (tertiary/aromatic N) is 2. The maximum absolute atomic E-state index is 12.7. The van der Waals surface area contributed by atoms with Crippen LogP contribution in [0.2, 0.25) is 5.02 Å². The maximum Gasteiger partial charge on any atom is 0.272 e. The van der Waals surface area contributed by atoms with Gasteiger partial charge in [0.1, 0.15) is 4.90 Å². The molecule has 0 radical (unpaired) electrons. The van der Waals surface area contributed by atoms with Gasteiger partial charge >= 0.3 is 0 Å². The Morgan fingerprint density at radius 2 is 1.91 bits per heavy atom. The first kappa shape index (κ1) is 15.1. The molecule has 2 heterocycles. The number of aromatic amines is 1. The van der Waals surface area contributed by atoms with Gasteiger partial charge in [0.05, 0.1) is 16.5 Å². The van der Waals surface area contributed by atoms with Crippen molar-refractivity contribution in [1.82, 2.24) is 14.6 Å². The minimum atomic E-state index is -3.84. The minimum absolute atomic E-state index is 0.0113. The Morgan fingerprint density at radius 3 is 2.55 bits per heavy atom. The van der Waals surface area contributed by atoms with Gasteiger partial charge in [0.15, 0.2) is 5.65 Å². The van der Waals surface area contributed by atoms with E-state index in [0.29, 0.717) is 10.7 Å². The molecule has 9 heteroatoms. The summed E-state index contributed by atoms with van der Waals surface area (Å²) in [6, 6.07) is 6.99. The summed E-state index contributed by atoms with van der Waals surface area (Å²) in [5.41, 5.74) is -0.116. The molecule has 1 N–H and O–H groups in total. The number of H-pyrrole nitrogens is 1. The van der Waals surface area contributed by atoms with E-state index in [1.165, 1.54) is 36.5 Å². The van der Waals surface area contributed by atoms with E-state index in [1.807, 2.05) is 0 Å². The van der Waals surface area contributed by atoms with Crippen LogP contribution < -0.4 is 5.56 Å². The molecule has 0 atom stereocenters. The molecule has 3 rings (SSSR count). The van der Waals surface area contributed by atoms with Crippen LogP contribution in [0.15, 0.2) is 51.1 Å². The van der Waals surface area contributed by atoms with Crippen LogP contribution >= 0.6 is 23.2 Å². The number of fused-ring (bicyclic) bond motifs is 1. The Labute approximate surface area is 135 Å². The molecule has 0 unspecified atom stereocenters. The molecule has 2 aromatic heterocycles. The first-order chi connectivity index (χ1) is 10.4. The molecule has 0 saturated heterocycles. The van der Waals surface area contributed by atoms with Crippen molar-refractivity contribution in [3.63, 3.8) is 0 Å². The summed E-state index contributed by atoms with van der Waals surface area (Å²) in [6.45, 7) is 0. The van der Waals surface area contributed by atoms with Crippen LogP contribution in [0.4, 0.5) is 0 Å². The van der Waals surface area contributed by atoms with Crippen LogP contribution in [-0.4, -0.2) is 23.0 Å². The number of halogens is 2. The number of nitrogens with one attached hydrogen (secondary N) is 1. The number of alkyl halides is 1. The fourth-order valence-electron chi connectivity index (χ4n) is 2.01. The van der Waals surface area contributed by atoms with Crippen molar-refractivity contribution in [2.45, 2.75) is 15.7 Å². The zero-order chi connectivity index (χ0) is 15.9. The standard InChI is InChI=1S/C13H9Cl2N3O3S/c14-6-9-5-12(19)18-13(17-9)11(7-16-18)22(20,21)10-3-1-8(15)2-4-10/h1-5,7,16H,6H2. The molecule has 22 heavy (non-hydrogen) atoms. The Balaban J connectivity index is 2.27. The lowest BCUT2D eigenvalue weighted by Gasteiger charge is -2.03. The number of benzene rings is 1. The highest BCUT2D eigenvalue weighted by Gasteiger charge is 2.23. The van der Waals surface area contributed by atoms with Crippen molar-refractivity contribution in [2.24, 2.45) is 0 Å². The van der Waals surface area contributed by atoms with Crippen LogP contribution in [0.25, 0.3) is 5.65 Å². The van der Waals surface area contributed by atoms with E-state index in [0.717, 1.165) is 4.52 Å². The molecule has 1 aromatic carbocycles. The predicted octanol–water partition coefficient (Wildman–Crippen LogP) is 2.25. The largest absolute Gasteiger partial charge is 0.295 e. The van der Waals surface area contributed by atoms with Crippen molar-refractivity contribution >= 4 is 38.7 Å². The van der Waals surface area contributed by atoms with Crippen molar-refractivity contribution in [2.75, 3.05) is 0 Å². The second-order valence-corrected chi connectivity index (χ2v) is 7.10. The molecule has 0 spiro atoms. The van der Waals surface area contributed by atoms with Gasteiger partial charge in [-0.3, -0.25) is 9.89 Å². The van der Waals surface area contributed by atoms with E-state index in [2.05, 4.69) is 10.1 Å². The van der Waals surface area contributed by atoms with Crippen molar-refractivity contribution in [3.8, 4) is 0 Å². The molecule has 0 amide bonds. The lowest BCUT2D eigenvalue weighted by atomic mass is 10.4. The fourth-order valence-corrected chi connectivity index (χ4v) is 3.61. The highest BCUT2D eigenvalue weighted by Crippen LogP contribution is 2.24. The quantitative estimate of drug-likeness (QED) is 0.728. The molecule has 0 aliphatic heterocycles. The normalized spacial score (nSPS) is 11.9. The lowest BCUT2D eigenvalue weighted by molar-refractivity contribution is 0.596. The average molecular weight is 358 g/mol. The molecule has 0 fully saturated rings. The van der Waals surface area contributed by atoms with Crippen LogP contribution in [0.5, 0.6) is 0 Å². The first-order valence-corrected chi connectivity index (χ1v) is 8.50. The molecule has 0 aliphatic carbocycles. The third kappa shape index (κ3) is 2.41. The number of hydrogen-bond donors (Lipinski definition) is 1. The third-order valence-corrected chi connectivity index (χ3v) is 5.37. The molecular weight excluding hydrogens is 349 g/mol. The smallest absolute Gasteiger partial charge is 0.272 e. The molecule has 0 bridgehead atoms. The Hall–Kier alpha value is -1.83. The molecule has 3 aromatic rings. The molecule has 6 nitrogen and oxygen atoms in total. The number of sulfone groups is 1. The fraction of sp³-hybridized carbons (Fsp3) is 0.0769. The lowest BCUT2D eigenvalue weighted by Crippen LogP contribution is -2.15. The number of aromatic nitrogens is 3. The van der Waals surface area contributed by atoms with Gasteiger partial charge in [0.25, 0.3) is 5.56 Å². The second kappa shape index (κ2) is 5.42. The molecule has 114 valence electrons. The van der Waals surface area contributed by atoms with E-state index in [-0.39, 0.29) is 21.3 Å². The summed E-state index contributed by atoms with van der Waals surface area (Å²) in [6.07, 6.45) is 1.23. The highest BCUT2D eigenvalue weighted by atomic mass is 35.5. The van der Waals surface area contributed by atoms with E-state index in [4.69, 9.17) is 23.2 Å². The van der Waals surface area contributed by atoms with E-state index in [1.54, 1.807) is 0 Å². The second-order valence-electron chi connectivity index (χ2n) is 4.47. The molecule has 0 aliphatic rings. The maximum atomic E-state index is 12.7. The van der Waals surface area contributed by atoms with Gasteiger partial charge in [-0.05, 0) is 24.3 Å². The van der Waals surface area contributed by atoms with Crippen molar-refractivity contribution in [1.29, 1.82) is 0 Å². The van der Waals surface area contributed by atoms with Crippen LogP contribution in [-0.2, 0) is 15.7 Å². The van der Waals surface area contributed by atoms with Gasteiger partial charge in [-0.25, -0.2) is 17.9 Å². The summed E-state index contributed by atoms with van der Waals surface area (Å²) in [7, 11) is -3.84. The SMILES string of the molecule is O=c1cc(CCl)nc2c(S(=O)(=O)c3ccc(Cl)cc3)c[nH]n12. The van der Waals surface area contributed by atoms with Gasteiger partial charge in [-0.1, -0.05) is 11.6 Å². The van der Waals surface area contributed by atoms with Crippen LogP contribution in [0.3, 0.4) is 0 Å². The topological polar surface area (TPSA) is 84.3 Å². The average Bonchev–Trinajstić information content (AvgIpc) is 2.92. The van der Waals surface area contributed by atoms with Gasteiger partial charge in [0.2, 0.25) is 9.84 Å². The van der Waals surface area contributed by atoms with Gasteiger partial charge < -0.3 is 0 Å². The van der Waals surface area contributed by atoms with E-state index >= 15 is 0 Å². The number of hydrogen-bond acceptors (Lipinski definition) is 4. The van der Waals surface area contributed by atoms with Gasteiger partial charge in [-0.15, -0.1) is 11.6 Å². The highest BCUT2D eigenvalue weighted by molar-refractivity contribution is 7.91. The summed E-state index contributed by atoms with van der Waals surface area (Å²) in [4.78, 5) is 16.0. The summed E-state index contributed by atoms with van der Waals surface area (Å²) in [5.74, 6) is 0.0113. The summed E-state index contributed by atoms with van der Waals surface area (Å²) < 4.78 is 26.4. The Morgan fingerprint density at radius 1 is 1.23 bits per heavy atom. The van der Waals surface area contributed by atoms with Crippen LogP contribution in [0, 0.1) is 0 Å². The third-order valence-electron chi connectivity index (χ3n) is 3.07. The summed E-state index contributed by atoms with van der Waals surface area (Å²) >= 11 is 11.5. The van der Waals surface area contributed by atoms with Crippen molar-refractivity contribution in [3.05, 3.63) is 57.6 Å². The van der Waals surface area contributed by atoms with Gasteiger partial charge in [-0.2, -0.15) is 0 Å². The van der Waals surface area contributed by atoms with Gasteiger partial charge in [0, 0.05) is 17.3 Å². The predicted molar refractivity (Wildman–Crippen MR) is 82.3 cm³/mol. The van der Waals surface area contributed by atoms with E-state index < -0.39 is 15.4 Å². The van der Waals surface area contributed by atoms with Crippen molar-refractivity contribution < 1.29 is 8.42 Å².